The minimum absolute atomic E-state index is 0.00886. The first kappa shape index (κ1) is 43.8. The second-order valence-corrected chi connectivity index (χ2v) is 29.7. The van der Waals surface area contributed by atoms with Crippen LogP contribution in [-0.2, 0) is 27.9 Å². The lowest BCUT2D eigenvalue weighted by Gasteiger charge is -2.46. The molecule has 2 aromatic carbocycles. The Labute approximate surface area is 346 Å². The Bertz CT molecular complexity index is 1690. The molecule has 4 aliphatic rings. The fourth-order valence-electron chi connectivity index (χ4n) is 10.1. The van der Waals surface area contributed by atoms with Gasteiger partial charge in [-0.15, -0.1) is 0 Å². The van der Waals surface area contributed by atoms with Crippen molar-refractivity contribution in [3.63, 3.8) is 0 Å². The monoisotopic (exact) mass is 812 g/mol. The van der Waals surface area contributed by atoms with Gasteiger partial charge in [0.15, 0.2) is 8.32 Å². The molecule has 312 valence electrons. The van der Waals surface area contributed by atoms with Gasteiger partial charge in [-0.1, -0.05) is 141 Å². The van der Waals surface area contributed by atoms with Crippen LogP contribution >= 0.6 is 0 Å². The van der Waals surface area contributed by atoms with Gasteiger partial charge < -0.3 is 18.3 Å². The molecule has 1 aliphatic heterocycles. The van der Waals surface area contributed by atoms with Gasteiger partial charge in [0, 0.05) is 18.9 Å². The summed E-state index contributed by atoms with van der Waals surface area (Å²) < 4.78 is 26.7. The van der Waals surface area contributed by atoms with E-state index < -0.39 is 22.0 Å². The predicted molar refractivity (Wildman–Crippen MR) is 237 cm³/mol. The highest BCUT2D eigenvalue weighted by Gasteiger charge is 2.52. The van der Waals surface area contributed by atoms with Crippen LogP contribution < -0.4 is 10.4 Å². The van der Waals surface area contributed by atoms with E-state index in [9.17, 15) is 9.59 Å². The number of carbonyl (C=O) groups excluding carboxylic acids is 2. The highest BCUT2D eigenvalue weighted by atomic mass is 28.4. The number of allylic oxidation sites excluding steroid dienone is 3. The Morgan fingerprint density at radius 3 is 2.07 bits per heavy atom. The molecular weight excluding hydrogens is 741 g/mol. The fraction of sp³-hybridized carbons (Fsp3) is 0.633. The number of esters is 2. The van der Waals surface area contributed by atoms with Crippen molar-refractivity contribution >= 4 is 38.9 Å². The third-order valence-corrected chi connectivity index (χ3v) is 24.0. The number of cyclic esters (lactones) is 1. The lowest BCUT2D eigenvalue weighted by atomic mass is 9.64. The Hall–Kier alpha value is -2.79. The van der Waals surface area contributed by atoms with E-state index in [1.54, 1.807) is 0 Å². The topological polar surface area (TPSA) is 71.1 Å². The molecule has 2 aromatic rings. The molecule has 0 amide bonds. The number of hydrogen-bond donors (Lipinski definition) is 0. The van der Waals surface area contributed by atoms with Gasteiger partial charge in [-0.2, -0.15) is 0 Å². The number of hydrogen-bond acceptors (Lipinski definition) is 6. The first-order valence-corrected chi connectivity index (χ1v) is 26.9. The average Bonchev–Trinajstić information content (AvgIpc) is 3.11. The molecule has 3 aliphatic carbocycles. The summed E-state index contributed by atoms with van der Waals surface area (Å²) in [4.78, 5) is 27.3. The summed E-state index contributed by atoms with van der Waals surface area (Å²) in [5.41, 5.74) is 0.858. The first-order valence-electron chi connectivity index (χ1n) is 22.1. The van der Waals surface area contributed by atoms with Gasteiger partial charge in [-0.25, -0.2) is 0 Å². The molecule has 6 rings (SSSR count). The molecule has 0 N–H and O–H groups in total. The summed E-state index contributed by atoms with van der Waals surface area (Å²) in [7, 11) is -4.67. The van der Waals surface area contributed by atoms with Gasteiger partial charge in [0.05, 0.1) is 17.9 Å². The van der Waals surface area contributed by atoms with Crippen molar-refractivity contribution in [2.45, 2.75) is 161 Å². The first-order chi connectivity index (χ1) is 26.8. The standard InChI is InChI=1S/C49H72O6Si2/c1-35-31-37-24-23-36(2)42(26-25-38-33-39(34-44(50)53-38)55-56(9,10)47(3,4)5)45(37)43(32-35)54-46(51)49(27-17-28-49)29-18-30-52-57(48(6,7)8,40-19-13-11-14-20-40)41-21-15-12-16-22-41/h11-16,19-24,31,35-36,38-39,42-43,45H,17-18,25-30,32-34H2,1-10H3/t35-,36-,38+,39+,42-,43-,45-/m0/s1. The van der Waals surface area contributed by atoms with Gasteiger partial charge in [0.25, 0.3) is 8.32 Å². The molecule has 0 bridgehead atoms. The minimum atomic E-state index is -2.65. The van der Waals surface area contributed by atoms with E-state index in [4.69, 9.17) is 18.3 Å². The third kappa shape index (κ3) is 9.50. The second kappa shape index (κ2) is 17.4. The summed E-state index contributed by atoms with van der Waals surface area (Å²) in [6.45, 7) is 23.3. The van der Waals surface area contributed by atoms with Crippen molar-refractivity contribution in [3.05, 3.63) is 84.5 Å². The van der Waals surface area contributed by atoms with Gasteiger partial charge in [-0.05, 0) is 102 Å². The Morgan fingerprint density at radius 1 is 0.877 bits per heavy atom. The Kier molecular flexibility index (Phi) is 13.4. The quantitative estimate of drug-likeness (QED) is 0.107. The van der Waals surface area contributed by atoms with Crippen LogP contribution in [-0.4, -0.2) is 53.5 Å². The number of benzene rings is 2. The third-order valence-electron chi connectivity index (χ3n) is 14.4. The maximum Gasteiger partial charge on any atom is 0.312 e. The lowest BCUT2D eigenvalue weighted by Crippen LogP contribution is -2.66. The van der Waals surface area contributed by atoms with Crippen molar-refractivity contribution in [3.8, 4) is 0 Å². The van der Waals surface area contributed by atoms with Crippen LogP contribution in [0.5, 0.6) is 0 Å². The van der Waals surface area contributed by atoms with Gasteiger partial charge in [0.1, 0.15) is 12.2 Å². The Balaban J connectivity index is 1.13. The van der Waals surface area contributed by atoms with Crippen molar-refractivity contribution in [1.29, 1.82) is 0 Å². The van der Waals surface area contributed by atoms with Gasteiger partial charge >= 0.3 is 11.9 Å². The van der Waals surface area contributed by atoms with Crippen LogP contribution in [0.4, 0.5) is 0 Å². The zero-order valence-electron chi connectivity index (χ0n) is 36.8. The van der Waals surface area contributed by atoms with Crippen molar-refractivity contribution in [2.75, 3.05) is 6.61 Å². The van der Waals surface area contributed by atoms with E-state index in [2.05, 4.69) is 147 Å². The molecule has 7 atom stereocenters. The average molecular weight is 813 g/mol. The molecule has 57 heavy (non-hydrogen) atoms. The SMILES string of the molecule is C[C@H]1C=C2C=C[C@H](C)[C@H](CC[C@@H]3C[C@@H](O[Si](C)(C)C(C)(C)C)CC(=O)O3)[C@H]2[C@@H](OC(=O)C2(CCCO[Si](c3ccccc3)(c3ccccc3)C(C)(C)C)CCC2)C1. The summed E-state index contributed by atoms with van der Waals surface area (Å²) >= 11 is 0. The molecule has 0 unspecified atom stereocenters. The van der Waals surface area contributed by atoms with Crippen LogP contribution in [0.3, 0.4) is 0 Å². The molecule has 0 radical (unpaired) electrons. The predicted octanol–water partition coefficient (Wildman–Crippen LogP) is 10.7. The second-order valence-electron chi connectivity index (χ2n) is 20.6. The minimum Gasteiger partial charge on any atom is -0.462 e. The molecule has 2 fully saturated rings. The molecule has 0 aromatic heterocycles. The van der Waals surface area contributed by atoms with Crippen molar-refractivity contribution in [2.24, 2.45) is 29.1 Å². The van der Waals surface area contributed by atoms with Crippen LogP contribution in [0.2, 0.25) is 23.2 Å². The fourth-order valence-corrected chi connectivity index (χ4v) is 16.1. The molecule has 1 heterocycles. The van der Waals surface area contributed by atoms with Gasteiger partial charge in [0.2, 0.25) is 0 Å². The maximum atomic E-state index is 14.5. The molecule has 1 saturated heterocycles. The summed E-state index contributed by atoms with van der Waals surface area (Å²) in [6, 6.07) is 21.6. The summed E-state index contributed by atoms with van der Waals surface area (Å²) in [5.74, 6) is 0.941. The molecule has 0 spiro atoms. The highest BCUT2D eigenvalue weighted by Crippen LogP contribution is 2.50. The van der Waals surface area contributed by atoms with Crippen LogP contribution in [0.15, 0.2) is 84.5 Å². The number of carbonyl (C=O) groups is 2. The van der Waals surface area contributed by atoms with Crippen molar-refractivity contribution < 1.29 is 27.9 Å². The van der Waals surface area contributed by atoms with E-state index in [0.29, 0.717) is 30.8 Å². The number of fused-ring (bicyclic) bond motifs is 1. The van der Waals surface area contributed by atoms with Crippen LogP contribution in [0.1, 0.15) is 120 Å². The van der Waals surface area contributed by atoms with Crippen LogP contribution in [0.25, 0.3) is 0 Å². The van der Waals surface area contributed by atoms with Gasteiger partial charge in [-0.3, -0.25) is 9.59 Å². The molecule has 8 heteroatoms. The van der Waals surface area contributed by atoms with Crippen molar-refractivity contribution in [1.82, 2.24) is 0 Å². The van der Waals surface area contributed by atoms with E-state index in [1.807, 2.05) is 0 Å². The number of rotatable bonds is 14. The highest BCUT2D eigenvalue weighted by molar-refractivity contribution is 6.99. The van der Waals surface area contributed by atoms with Crippen LogP contribution in [0, 0.1) is 29.1 Å². The maximum absolute atomic E-state index is 14.5. The zero-order valence-corrected chi connectivity index (χ0v) is 38.8. The lowest BCUT2D eigenvalue weighted by molar-refractivity contribution is -0.173. The molecule has 1 saturated carbocycles. The molecule has 6 nitrogen and oxygen atoms in total. The normalized spacial score (nSPS) is 27.8. The number of ether oxygens (including phenoxy) is 2. The summed E-state index contributed by atoms with van der Waals surface area (Å²) in [5, 5.41) is 2.55. The van der Waals surface area contributed by atoms with E-state index in [0.717, 1.165) is 57.8 Å². The largest absolute Gasteiger partial charge is 0.462 e. The van der Waals surface area contributed by atoms with E-state index >= 15 is 0 Å². The summed E-state index contributed by atoms with van der Waals surface area (Å²) in [6.07, 6.45) is 14.7. The smallest absolute Gasteiger partial charge is 0.312 e. The molecular formula is C49H72O6Si2. The Morgan fingerprint density at radius 2 is 1.51 bits per heavy atom. The van der Waals surface area contributed by atoms with E-state index in [1.165, 1.54) is 15.9 Å². The zero-order chi connectivity index (χ0) is 41.2. The van der Waals surface area contributed by atoms with E-state index in [-0.39, 0.29) is 46.2 Å².